The molecule has 0 aliphatic rings. The van der Waals surface area contributed by atoms with Crippen LogP contribution in [0.2, 0.25) is 0 Å². The van der Waals surface area contributed by atoms with Gasteiger partial charge in [-0.15, -0.1) is 0 Å². The van der Waals surface area contributed by atoms with E-state index in [0.29, 0.717) is 0 Å². The van der Waals surface area contributed by atoms with Crippen LogP contribution >= 0.6 is 0 Å². The van der Waals surface area contributed by atoms with Gasteiger partial charge in [0.2, 0.25) is 0 Å². The van der Waals surface area contributed by atoms with Crippen LogP contribution in [-0.2, 0) is 5.41 Å². The smallest absolute Gasteiger partial charge is 0.146 e. The van der Waals surface area contributed by atoms with Crippen molar-refractivity contribution in [3.05, 3.63) is 236 Å². The summed E-state index contributed by atoms with van der Waals surface area (Å²) in [4.78, 5) is 6.05. The van der Waals surface area contributed by atoms with Gasteiger partial charge in [-0.3, -0.25) is 4.40 Å². The molecule has 18 rings (SSSR count). The molecule has 5 heteroatoms. The minimum atomic E-state index is -0.102. The standard InChI is InChI=1S/C73H47N5/c1-73(2,3)45-39-58-54-29-16-26-49(43-32-34-63-55(36-43)51-24-12-14-30-61(51)75(63)46-19-6-4-7-20-46)68(54)77-65-41-59-66-48-23-11-10-18-42(48)38-57-53-28-17-27-50(69(53)78(71(57)66)72(59)74-67(65)60(40-45)70(58)77)44-33-35-64-56(37-44)52-25-13-15-31-62(52)76(64)47-21-8-5-9-22-47/h4-41H,1-3H3. The third-order valence-corrected chi connectivity index (χ3v) is 17.5. The van der Waals surface area contributed by atoms with E-state index in [2.05, 4.69) is 269 Å². The van der Waals surface area contributed by atoms with Crippen LogP contribution in [-0.4, -0.2) is 22.9 Å². The Morgan fingerprint density at radius 1 is 0.321 bits per heavy atom. The summed E-state index contributed by atoms with van der Waals surface area (Å²) in [6, 6.07) is 85.9. The van der Waals surface area contributed by atoms with Crippen LogP contribution in [0.15, 0.2) is 231 Å². The van der Waals surface area contributed by atoms with E-state index < -0.39 is 0 Å². The highest BCUT2D eigenvalue weighted by atomic mass is 15.0. The maximum absolute atomic E-state index is 6.05. The van der Waals surface area contributed by atoms with Crippen LogP contribution in [0.3, 0.4) is 0 Å². The summed E-state index contributed by atoms with van der Waals surface area (Å²) in [6.45, 7) is 7.00. The molecule has 5 nitrogen and oxygen atoms in total. The molecule has 0 N–H and O–H groups in total. The van der Waals surface area contributed by atoms with Crippen LogP contribution in [0.25, 0.3) is 164 Å². The number of aromatic nitrogens is 5. The van der Waals surface area contributed by atoms with Crippen LogP contribution in [0.1, 0.15) is 26.3 Å². The van der Waals surface area contributed by atoms with Crippen molar-refractivity contribution in [3.8, 4) is 33.6 Å². The van der Waals surface area contributed by atoms with Gasteiger partial charge in [0.15, 0.2) is 0 Å². The summed E-state index contributed by atoms with van der Waals surface area (Å²) in [5.74, 6) is 0. The Morgan fingerprint density at radius 3 is 1.42 bits per heavy atom. The van der Waals surface area contributed by atoms with Crippen molar-refractivity contribution in [2.45, 2.75) is 26.2 Å². The number of para-hydroxylation sites is 6. The second kappa shape index (κ2) is 14.9. The molecule has 0 fully saturated rings. The average Bonchev–Trinajstić information content (AvgIpc) is 3.31. The number of nitrogens with zero attached hydrogens (tertiary/aromatic N) is 5. The summed E-state index contributed by atoms with van der Waals surface area (Å²) in [5, 5.41) is 16.0. The maximum atomic E-state index is 6.05. The van der Waals surface area contributed by atoms with E-state index in [-0.39, 0.29) is 5.41 Å². The van der Waals surface area contributed by atoms with Gasteiger partial charge in [0.05, 0.1) is 55.2 Å². The Balaban J connectivity index is 0.954. The molecule has 0 unspecified atom stereocenters. The molecular weight excluding hydrogens is 947 g/mol. The van der Waals surface area contributed by atoms with Gasteiger partial charge in [-0.2, -0.15) is 0 Å². The Hall–Kier alpha value is -9.97. The fourth-order valence-corrected chi connectivity index (χ4v) is 14.1. The third-order valence-electron chi connectivity index (χ3n) is 17.5. The first-order chi connectivity index (χ1) is 38.4. The highest BCUT2D eigenvalue weighted by Crippen LogP contribution is 2.50. The molecule has 0 aliphatic carbocycles. The van der Waals surface area contributed by atoms with E-state index in [1.54, 1.807) is 0 Å². The fourth-order valence-electron chi connectivity index (χ4n) is 14.1. The highest BCUT2D eigenvalue weighted by molar-refractivity contribution is 6.34. The average molecular weight is 994 g/mol. The van der Waals surface area contributed by atoms with Crippen molar-refractivity contribution >= 4 is 131 Å². The molecule has 0 atom stereocenters. The predicted molar refractivity (Wildman–Crippen MR) is 329 cm³/mol. The van der Waals surface area contributed by atoms with E-state index in [1.165, 1.54) is 137 Å². The number of rotatable bonds is 4. The topological polar surface area (TPSA) is 31.6 Å². The summed E-state index contributed by atoms with van der Waals surface area (Å²) in [7, 11) is 0. The predicted octanol–water partition coefficient (Wildman–Crippen LogP) is 19.4. The summed E-state index contributed by atoms with van der Waals surface area (Å²) in [6.07, 6.45) is 0. The van der Waals surface area contributed by atoms with Crippen molar-refractivity contribution in [2.75, 3.05) is 0 Å². The van der Waals surface area contributed by atoms with Crippen LogP contribution in [0, 0.1) is 0 Å². The molecule has 78 heavy (non-hydrogen) atoms. The molecular formula is C73H47N5. The van der Waals surface area contributed by atoms with Gasteiger partial charge in [0.25, 0.3) is 0 Å². The normalized spacial score (nSPS) is 12.8. The number of pyridine rings is 1. The molecule has 0 amide bonds. The number of benzene rings is 11. The molecule has 7 aromatic heterocycles. The molecule has 7 heterocycles. The Bertz CT molecular complexity index is 5590. The van der Waals surface area contributed by atoms with Crippen molar-refractivity contribution in [1.29, 1.82) is 0 Å². The lowest BCUT2D eigenvalue weighted by Crippen LogP contribution is -2.10. The van der Waals surface area contributed by atoms with Gasteiger partial charge in [0, 0.05) is 81.8 Å². The van der Waals surface area contributed by atoms with Gasteiger partial charge < -0.3 is 13.5 Å². The Kier molecular flexibility index (Phi) is 8.08. The lowest BCUT2D eigenvalue weighted by Gasteiger charge is -2.19. The van der Waals surface area contributed by atoms with Gasteiger partial charge in [-0.25, -0.2) is 4.98 Å². The summed E-state index contributed by atoms with van der Waals surface area (Å²) in [5.41, 5.74) is 21.1. The molecule has 0 aliphatic heterocycles. The summed E-state index contributed by atoms with van der Waals surface area (Å²) >= 11 is 0. The monoisotopic (exact) mass is 993 g/mol. The van der Waals surface area contributed by atoms with E-state index in [0.717, 1.165) is 33.4 Å². The van der Waals surface area contributed by atoms with E-state index in [4.69, 9.17) is 4.98 Å². The molecule has 18 aromatic rings. The zero-order valence-corrected chi connectivity index (χ0v) is 43.2. The van der Waals surface area contributed by atoms with Crippen molar-refractivity contribution in [3.63, 3.8) is 0 Å². The van der Waals surface area contributed by atoms with Crippen molar-refractivity contribution in [2.24, 2.45) is 0 Å². The molecule has 0 saturated carbocycles. The van der Waals surface area contributed by atoms with Gasteiger partial charge >= 0.3 is 0 Å². The van der Waals surface area contributed by atoms with Crippen LogP contribution in [0.4, 0.5) is 0 Å². The van der Waals surface area contributed by atoms with Crippen LogP contribution < -0.4 is 0 Å². The lowest BCUT2D eigenvalue weighted by atomic mass is 9.85. The zero-order chi connectivity index (χ0) is 51.3. The molecule has 11 aromatic carbocycles. The van der Waals surface area contributed by atoms with Crippen LogP contribution in [0.5, 0.6) is 0 Å². The van der Waals surface area contributed by atoms with E-state index in [9.17, 15) is 0 Å². The molecule has 0 radical (unpaired) electrons. The van der Waals surface area contributed by atoms with Crippen molar-refractivity contribution in [1.82, 2.24) is 22.9 Å². The quantitative estimate of drug-likeness (QED) is 0.173. The first-order valence-corrected chi connectivity index (χ1v) is 27.2. The Labute approximate surface area is 447 Å². The summed E-state index contributed by atoms with van der Waals surface area (Å²) < 4.78 is 9.90. The molecule has 364 valence electrons. The first kappa shape index (κ1) is 42.3. The fraction of sp³-hybridized carbons (Fsp3) is 0.0548. The molecule has 0 bridgehead atoms. The SMILES string of the molecule is CC(C)(C)c1cc2c3cccc(-c4ccc5c(c4)c4ccccc4n5-c4ccccc4)c3n3c4cc5c6c7ccccc7cc7c8cccc(-c9ccc%10c(c9)c9ccccc9n%10-c9ccccc9)c8n(c5nc4c(c1)c23)c76. The number of hydrogen-bond acceptors (Lipinski definition) is 1. The minimum Gasteiger partial charge on any atom is -0.309 e. The second-order valence-electron chi connectivity index (χ2n) is 22.7. The zero-order valence-electron chi connectivity index (χ0n) is 43.2. The largest absolute Gasteiger partial charge is 0.309 e. The molecule has 0 spiro atoms. The first-order valence-electron chi connectivity index (χ1n) is 27.2. The third kappa shape index (κ3) is 5.42. The van der Waals surface area contributed by atoms with Gasteiger partial charge in [0.1, 0.15) is 5.65 Å². The number of fused-ring (bicyclic) bond motifs is 20. The second-order valence-corrected chi connectivity index (χ2v) is 22.7. The maximum Gasteiger partial charge on any atom is 0.146 e. The minimum absolute atomic E-state index is 0.102. The molecule has 0 saturated heterocycles. The van der Waals surface area contributed by atoms with Gasteiger partial charge in [-0.1, -0.05) is 166 Å². The van der Waals surface area contributed by atoms with Gasteiger partial charge in [-0.05, 0) is 118 Å². The lowest BCUT2D eigenvalue weighted by molar-refractivity contribution is 0.592. The van der Waals surface area contributed by atoms with E-state index >= 15 is 0 Å². The van der Waals surface area contributed by atoms with E-state index in [1.807, 2.05) is 0 Å². The highest BCUT2D eigenvalue weighted by Gasteiger charge is 2.29. The Morgan fingerprint density at radius 2 is 0.821 bits per heavy atom. The van der Waals surface area contributed by atoms with Crippen molar-refractivity contribution < 1.29 is 0 Å². The number of hydrogen-bond donors (Lipinski definition) is 0.